The summed E-state index contributed by atoms with van der Waals surface area (Å²) in [5, 5.41) is 10.6. The Morgan fingerprint density at radius 3 is 2.51 bits per heavy atom. The summed E-state index contributed by atoms with van der Waals surface area (Å²) >= 11 is 0. The third-order valence-electron chi connectivity index (χ3n) is 6.85. The predicted molar refractivity (Wildman–Crippen MR) is 134 cm³/mol. The van der Waals surface area contributed by atoms with Gasteiger partial charge in [0.1, 0.15) is 29.7 Å². The predicted octanol–water partition coefficient (Wildman–Crippen LogP) is 1.83. The molecule has 1 atom stereocenters. The van der Waals surface area contributed by atoms with E-state index in [9.17, 15) is 24.0 Å². The van der Waals surface area contributed by atoms with E-state index in [1.165, 1.54) is 6.07 Å². The number of nitrogens with zero attached hydrogens (tertiary/aromatic N) is 5. The molecule has 206 valence electrons. The largest absolute Gasteiger partial charge is 0.486 e. The number of carbonyl (C=O) groups excluding carboxylic acids is 5. The first-order valence-electron chi connectivity index (χ1n) is 12.9. The third-order valence-corrected chi connectivity index (χ3v) is 6.85. The topological polar surface area (TPSA) is 153 Å². The molecule has 0 bridgehead atoms. The summed E-state index contributed by atoms with van der Waals surface area (Å²) in [4.78, 5) is 64.9. The van der Waals surface area contributed by atoms with Crippen LogP contribution in [0.25, 0.3) is 0 Å². The van der Waals surface area contributed by atoms with Crippen molar-refractivity contribution in [3.05, 3.63) is 41.2 Å². The lowest BCUT2D eigenvalue weighted by Crippen LogP contribution is -2.54. The molecule has 1 N–H and O–H groups in total. The van der Waals surface area contributed by atoms with Crippen molar-refractivity contribution >= 4 is 29.7 Å². The first-order chi connectivity index (χ1) is 18.5. The molecule has 1 unspecified atom stereocenters. The van der Waals surface area contributed by atoms with E-state index in [2.05, 4.69) is 15.6 Å². The molecule has 0 spiro atoms. The molecule has 5 amide bonds. The van der Waals surface area contributed by atoms with Gasteiger partial charge in [-0.05, 0) is 52.2 Å². The molecule has 2 aromatic rings. The lowest BCUT2D eigenvalue weighted by Gasteiger charge is -2.33. The van der Waals surface area contributed by atoms with Crippen LogP contribution >= 0.6 is 0 Å². The highest BCUT2D eigenvalue weighted by Gasteiger charge is 2.46. The standard InChI is InChI=1S/C26H30N6O7/c1-26(2,3)39-25(37)30-11-9-16(10-12-30)31-13-15(28-29-31)14-38-19-6-4-5-17-21(19)24(36)32(23(17)35)18-7-8-20(33)27-22(18)34/h4-6,13,16,18H,7-12,14H2,1-3H3,(H,27,33,34). The highest BCUT2D eigenvalue weighted by molar-refractivity contribution is 6.24. The maximum Gasteiger partial charge on any atom is 0.410 e. The Bertz CT molecular complexity index is 1340. The highest BCUT2D eigenvalue weighted by Crippen LogP contribution is 2.34. The van der Waals surface area contributed by atoms with Crippen LogP contribution < -0.4 is 10.1 Å². The van der Waals surface area contributed by atoms with E-state index >= 15 is 0 Å². The van der Waals surface area contributed by atoms with E-state index < -0.39 is 35.3 Å². The lowest BCUT2D eigenvalue weighted by atomic mass is 10.0. The lowest BCUT2D eigenvalue weighted by molar-refractivity contribution is -0.136. The monoisotopic (exact) mass is 538 g/mol. The number of hydrogen-bond acceptors (Lipinski definition) is 9. The Labute approximate surface area is 224 Å². The molecule has 13 heteroatoms. The van der Waals surface area contributed by atoms with Crippen LogP contribution in [0.2, 0.25) is 0 Å². The highest BCUT2D eigenvalue weighted by atomic mass is 16.6. The van der Waals surface area contributed by atoms with E-state index in [1.54, 1.807) is 27.9 Å². The van der Waals surface area contributed by atoms with Crippen LogP contribution in [0.5, 0.6) is 5.75 Å². The number of ether oxygens (including phenoxy) is 2. The second kappa shape index (κ2) is 10.1. The zero-order valence-corrected chi connectivity index (χ0v) is 22.0. The molecule has 2 fully saturated rings. The summed E-state index contributed by atoms with van der Waals surface area (Å²) in [7, 11) is 0. The van der Waals surface area contributed by atoms with Crippen LogP contribution in [-0.4, -0.2) is 79.2 Å². The number of carbonyl (C=O) groups is 5. The smallest absolute Gasteiger partial charge is 0.410 e. The van der Waals surface area contributed by atoms with Gasteiger partial charge in [0.25, 0.3) is 11.8 Å². The van der Waals surface area contributed by atoms with Crippen LogP contribution in [-0.2, 0) is 20.9 Å². The molecule has 0 saturated carbocycles. The van der Waals surface area contributed by atoms with E-state index in [1.807, 2.05) is 20.8 Å². The van der Waals surface area contributed by atoms with Gasteiger partial charge >= 0.3 is 6.09 Å². The van der Waals surface area contributed by atoms with Crippen molar-refractivity contribution in [1.29, 1.82) is 0 Å². The summed E-state index contributed by atoms with van der Waals surface area (Å²) in [5.74, 6) is -2.14. The van der Waals surface area contributed by atoms with Crippen molar-refractivity contribution in [3.63, 3.8) is 0 Å². The van der Waals surface area contributed by atoms with Crippen LogP contribution in [0.1, 0.15) is 78.9 Å². The summed E-state index contributed by atoms with van der Waals surface area (Å²) in [5.41, 5.74) is 0.201. The van der Waals surface area contributed by atoms with Crippen LogP contribution in [0.4, 0.5) is 4.79 Å². The molecule has 3 aliphatic heterocycles. The minimum Gasteiger partial charge on any atom is -0.486 e. The average Bonchev–Trinajstić information content (AvgIpc) is 3.45. The summed E-state index contributed by atoms with van der Waals surface area (Å²) in [6, 6.07) is 3.70. The summed E-state index contributed by atoms with van der Waals surface area (Å²) in [6.45, 7) is 6.60. The van der Waals surface area contributed by atoms with Gasteiger partial charge in [-0.25, -0.2) is 9.48 Å². The average molecular weight is 539 g/mol. The van der Waals surface area contributed by atoms with Crippen molar-refractivity contribution in [2.24, 2.45) is 0 Å². The summed E-state index contributed by atoms with van der Waals surface area (Å²) in [6.07, 6.45) is 2.95. The quantitative estimate of drug-likeness (QED) is 0.562. The Morgan fingerprint density at radius 1 is 1.08 bits per heavy atom. The van der Waals surface area contributed by atoms with Gasteiger partial charge in [0.2, 0.25) is 11.8 Å². The van der Waals surface area contributed by atoms with E-state index in [0.717, 1.165) is 4.90 Å². The number of likely N-dealkylation sites (tertiary alicyclic amines) is 1. The number of piperidine rings is 2. The number of aromatic nitrogens is 3. The Morgan fingerprint density at radius 2 is 1.82 bits per heavy atom. The maximum atomic E-state index is 13.2. The van der Waals surface area contributed by atoms with E-state index in [-0.39, 0.29) is 48.5 Å². The summed E-state index contributed by atoms with van der Waals surface area (Å²) < 4.78 is 13.1. The maximum absolute atomic E-state index is 13.2. The van der Waals surface area contributed by atoms with Gasteiger partial charge < -0.3 is 14.4 Å². The number of imide groups is 2. The fraction of sp³-hybridized carbons (Fsp3) is 0.500. The van der Waals surface area contributed by atoms with Gasteiger partial charge in [-0.3, -0.25) is 29.4 Å². The zero-order chi connectivity index (χ0) is 27.9. The number of nitrogens with one attached hydrogen (secondary N) is 1. The van der Waals surface area contributed by atoms with Crippen LogP contribution in [0, 0.1) is 0 Å². The van der Waals surface area contributed by atoms with Gasteiger partial charge in [0.05, 0.1) is 23.4 Å². The number of fused-ring (bicyclic) bond motifs is 1. The number of rotatable bonds is 5. The van der Waals surface area contributed by atoms with Crippen molar-refractivity contribution in [2.75, 3.05) is 13.1 Å². The first kappa shape index (κ1) is 26.3. The molecule has 13 nitrogen and oxygen atoms in total. The fourth-order valence-corrected chi connectivity index (χ4v) is 4.95. The number of amides is 5. The molecule has 5 rings (SSSR count). The molecule has 1 aromatic carbocycles. The normalized spacial score (nSPS) is 20.2. The molecule has 0 radical (unpaired) electrons. The molecular weight excluding hydrogens is 508 g/mol. The fourth-order valence-electron chi connectivity index (χ4n) is 4.95. The van der Waals surface area contributed by atoms with Gasteiger partial charge in [-0.1, -0.05) is 11.3 Å². The number of benzene rings is 1. The molecule has 0 aliphatic carbocycles. The SMILES string of the molecule is CC(C)(C)OC(=O)N1CCC(n2cc(COc3cccc4c3C(=O)N(C3CCC(=O)NC3=O)C4=O)nn2)CC1. The Hall–Kier alpha value is -4.29. The molecule has 2 saturated heterocycles. The van der Waals surface area contributed by atoms with Crippen molar-refractivity contribution < 1.29 is 33.4 Å². The zero-order valence-electron chi connectivity index (χ0n) is 22.0. The Balaban J connectivity index is 1.21. The molecule has 3 aliphatic rings. The third kappa shape index (κ3) is 5.33. The van der Waals surface area contributed by atoms with Gasteiger partial charge in [-0.2, -0.15) is 0 Å². The first-order valence-corrected chi connectivity index (χ1v) is 12.9. The Kier molecular flexibility index (Phi) is 6.83. The van der Waals surface area contributed by atoms with Crippen molar-refractivity contribution in [1.82, 2.24) is 30.1 Å². The molecule has 1 aromatic heterocycles. The molecular formula is C26H30N6O7. The van der Waals surface area contributed by atoms with Gasteiger partial charge in [0.15, 0.2) is 0 Å². The van der Waals surface area contributed by atoms with E-state index in [0.29, 0.717) is 31.6 Å². The second-order valence-corrected chi connectivity index (χ2v) is 10.8. The second-order valence-electron chi connectivity index (χ2n) is 10.8. The van der Waals surface area contributed by atoms with Crippen LogP contribution in [0.15, 0.2) is 24.4 Å². The van der Waals surface area contributed by atoms with Crippen LogP contribution in [0.3, 0.4) is 0 Å². The van der Waals surface area contributed by atoms with Crippen molar-refractivity contribution in [3.8, 4) is 5.75 Å². The molecule has 4 heterocycles. The van der Waals surface area contributed by atoms with Gasteiger partial charge in [-0.15, -0.1) is 5.10 Å². The minimum atomic E-state index is -1.05. The number of hydrogen-bond donors (Lipinski definition) is 1. The van der Waals surface area contributed by atoms with Gasteiger partial charge in [0, 0.05) is 19.5 Å². The van der Waals surface area contributed by atoms with Crippen molar-refractivity contribution in [2.45, 2.75) is 70.7 Å². The minimum absolute atomic E-state index is 0.00704. The molecule has 39 heavy (non-hydrogen) atoms. The van der Waals surface area contributed by atoms with E-state index in [4.69, 9.17) is 9.47 Å².